The molecule has 0 unspecified atom stereocenters. The summed E-state index contributed by atoms with van der Waals surface area (Å²) in [5.74, 6) is 0. The molecule has 3 rings (SSSR count). The van der Waals surface area contributed by atoms with E-state index in [0.717, 1.165) is 0 Å². The van der Waals surface area contributed by atoms with Gasteiger partial charge in [0.05, 0.1) is 0 Å². The summed E-state index contributed by atoms with van der Waals surface area (Å²) in [5, 5.41) is 2.30. The normalized spacial score (nSPS) is 13.5. The van der Waals surface area contributed by atoms with Crippen molar-refractivity contribution in [3.63, 3.8) is 0 Å². The van der Waals surface area contributed by atoms with E-state index >= 15 is 0 Å². The van der Waals surface area contributed by atoms with Gasteiger partial charge in [-0.05, 0) is 68.9 Å². The van der Waals surface area contributed by atoms with E-state index in [1.165, 1.54) is 47.7 Å². The van der Waals surface area contributed by atoms with Crippen molar-refractivity contribution in [2.24, 2.45) is 0 Å². The molecule has 0 atom stereocenters. The summed E-state index contributed by atoms with van der Waals surface area (Å²) in [6.07, 6.45) is 0. The predicted molar refractivity (Wildman–Crippen MR) is 131 cm³/mol. The summed E-state index contributed by atoms with van der Waals surface area (Å²) in [6.45, 7) is 25.7. The minimum atomic E-state index is 0.0928. The molecule has 2 heterocycles. The van der Waals surface area contributed by atoms with Crippen LogP contribution in [0.25, 0.3) is 19.8 Å². The van der Waals surface area contributed by atoms with Gasteiger partial charge >= 0.3 is 0 Å². The van der Waals surface area contributed by atoms with Crippen molar-refractivity contribution in [1.29, 1.82) is 0 Å². The van der Waals surface area contributed by atoms with Gasteiger partial charge in [0.1, 0.15) is 0 Å². The van der Waals surface area contributed by atoms with E-state index in [0.29, 0.717) is 0 Å². The quantitative estimate of drug-likeness (QED) is 0.374. The Morgan fingerprint density at radius 1 is 0.679 bits per heavy atom. The molecule has 0 spiro atoms. The van der Waals surface area contributed by atoms with Crippen LogP contribution in [0.2, 0.25) is 0 Å². The van der Waals surface area contributed by atoms with Crippen molar-refractivity contribution in [3.8, 4) is 10.4 Å². The highest BCUT2D eigenvalue weighted by Gasteiger charge is 2.31. The van der Waals surface area contributed by atoms with Gasteiger partial charge in [-0.15, -0.1) is 22.7 Å². The molecule has 0 nitrogen and oxygen atoms in total. The van der Waals surface area contributed by atoms with Gasteiger partial charge in [-0.3, -0.25) is 0 Å². The molecule has 2 aromatic heterocycles. The summed E-state index contributed by atoms with van der Waals surface area (Å²) in [6, 6.07) is 4.98. The Morgan fingerprint density at radius 3 is 1.57 bits per heavy atom. The van der Waals surface area contributed by atoms with Crippen LogP contribution in [0.3, 0.4) is 0 Å². The zero-order chi connectivity index (χ0) is 21.2. The molecule has 0 fully saturated rings. The first kappa shape index (κ1) is 21.6. The molecule has 152 valence electrons. The predicted octanol–water partition coefficient (Wildman–Crippen LogP) is 9.14. The van der Waals surface area contributed by atoms with E-state index in [4.69, 9.17) is 0 Å². The molecule has 0 N–H and O–H groups in total. The van der Waals surface area contributed by atoms with E-state index in [9.17, 15) is 0 Å². The third-order valence-corrected chi connectivity index (χ3v) is 8.44. The first-order chi connectivity index (χ1) is 12.6. The molecule has 0 aliphatic heterocycles. The fourth-order valence-corrected chi connectivity index (χ4v) is 6.46. The smallest absolute Gasteiger partial charge is 0.0489 e. The standard InChI is InChI=1S/C26H36S2/c1-15-14-27-23-16(2)22(28-21(15)23)20-18(25(6,7)8)12-17(24(3,4)5)13-19(20)26(9,10)11/h12-14H,1-11H3. The first-order valence-electron chi connectivity index (χ1n) is 10.3. The lowest BCUT2D eigenvalue weighted by atomic mass is 9.72. The lowest BCUT2D eigenvalue weighted by Crippen LogP contribution is -2.22. The summed E-state index contributed by atoms with van der Waals surface area (Å²) in [5.41, 5.74) is 9.10. The van der Waals surface area contributed by atoms with Crippen LogP contribution in [0.4, 0.5) is 0 Å². The van der Waals surface area contributed by atoms with Gasteiger partial charge in [-0.25, -0.2) is 0 Å². The molecule has 28 heavy (non-hydrogen) atoms. The van der Waals surface area contributed by atoms with E-state index in [2.05, 4.69) is 93.7 Å². The molecule has 0 saturated heterocycles. The Labute approximate surface area is 180 Å². The fraction of sp³-hybridized carbons (Fsp3) is 0.538. The topological polar surface area (TPSA) is 0 Å². The average Bonchev–Trinajstić information content (AvgIpc) is 3.04. The molecule has 0 bridgehead atoms. The summed E-state index contributed by atoms with van der Waals surface area (Å²) in [7, 11) is 0. The van der Waals surface area contributed by atoms with E-state index < -0.39 is 0 Å². The maximum atomic E-state index is 2.49. The van der Waals surface area contributed by atoms with Crippen molar-refractivity contribution < 1.29 is 0 Å². The van der Waals surface area contributed by atoms with Gasteiger partial charge < -0.3 is 0 Å². The van der Waals surface area contributed by atoms with Gasteiger partial charge in [0.2, 0.25) is 0 Å². The van der Waals surface area contributed by atoms with Gasteiger partial charge in [0.15, 0.2) is 0 Å². The Kier molecular flexibility index (Phi) is 5.17. The second-order valence-corrected chi connectivity index (χ2v) is 13.2. The highest BCUT2D eigenvalue weighted by molar-refractivity contribution is 7.29. The Balaban J connectivity index is 2.49. The molecule has 0 amide bonds. The highest BCUT2D eigenvalue weighted by atomic mass is 32.1. The number of fused-ring (bicyclic) bond motifs is 1. The zero-order valence-corrected chi connectivity index (χ0v) is 21.2. The van der Waals surface area contributed by atoms with Gasteiger partial charge in [0, 0.05) is 14.3 Å². The molecular weight excluding hydrogens is 376 g/mol. The SMILES string of the molecule is Cc1csc2c(C)c(-c3c(C(C)(C)C)cc(C(C)(C)C)cc3C(C)(C)C)sc12. The lowest BCUT2D eigenvalue weighted by molar-refractivity contribution is 0.551. The van der Waals surface area contributed by atoms with Crippen molar-refractivity contribution in [3.05, 3.63) is 45.3 Å². The monoisotopic (exact) mass is 412 g/mol. The maximum Gasteiger partial charge on any atom is 0.0489 e. The zero-order valence-electron chi connectivity index (χ0n) is 19.5. The van der Waals surface area contributed by atoms with Crippen molar-refractivity contribution in [2.45, 2.75) is 92.4 Å². The Morgan fingerprint density at radius 2 is 1.18 bits per heavy atom. The number of rotatable bonds is 1. The molecule has 2 heteroatoms. The fourth-order valence-electron chi connectivity index (χ4n) is 3.84. The molecule has 0 saturated carbocycles. The van der Waals surface area contributed by atoms with E-state index in [1.54, 1.807) is 0 Å². The molecule has 0 radical (unpaired) electrons. The maximum absolute atomic E-state index is 2.49. The second-order valence-electron chi connectivity index (χ2n) is 11.3. The number of aryl methyl sites for hydroxylation is 2. The first-order valence-corrected chi connectivity index (χ1v) is 12.0. The van der Waals surface area contributed by atoms with E-state index in [1.807, 2.05) is 22.7 Å². The summed E-state index contributed by atoms with van der Waals surface area (Å²) in [4.78, 5) is 1.47. The van der Waals surface area contributed by atoms with E-state index in [-0.39, 0.29) is 16.2 Å². The third-order valence-electron chi connectivity index (χ3n) is 5.65. The summed E-state index contributed by atoms with van der Waals surface area (Å²) < 4.78 is 2.94. The highest BCUT2D eigenvalue weighted by Crippen LogP contribution is 2.49. The van der Waals surface area contributed by atoms with Gasteiger partial charge in [-0.1, -0.05) is 74.4 Å². The van der Waals surface area contributed by atoms with Crippen LogP contribution >= 0.6 is 22.7 Å². The van der Waals surface area contributed by atoms with Gasteiger partial charge in [-0.2, -0.15) is 0 Å². The molecule has 3 aromatic rings. The second kappa shape index (κ2) is 6.71. The molecule has 0 aliphatic carbocycles. The van der Waals surface area contributed by atoms with Crippen LogP contribution < -0.4 is 0 Å². The van der Waals surface area contributed by atoms with Crippen LogP contribution in [0, 0.1) is 13.8 Å². The van der Waals surface area contributed by atoms with Gasteiger partial charge in [0.25, 0.3) is 0 Å². The van der Waals surface area contributed by atoms with Crippen LogP contribution in [-0.2, 0) is 16.2 Å². The Bertz CT molecular complexity index is 986. The minimum Gasteiger partial charge on any atom is -0.142 e. The van der Waals surface area contributed by atoms with Crippen LogP contribution in [0.1, 0.15) is 90.1 Å². The number of benzene rings is 1. The van der Waals surface area contributed by atoms with Crippen LogP contribution in [0.15, 0.2) is 17.5 Å². The number of hydrogen-bond donors (Lipinski definition) is 0. The number of hydrogen-bond acceptors (Lipinski definition) is 2. The van der Waals surface area contributed by atoms with Crippen molar-refractivity contribution >= 4 is 32.1 Å². The summed E-state index contributed by atoms with van der Waals surface area (Å²) >= 11 is 3.90. The molecule has 1 aromatic carbocycles. The number of thiophene rings is 2. The van der Waals surface area contributed by atoms with Crippen molar-refractivity contribution in [1.82, 2.24) is 0 Å². The lowest BCUT2D eigenvalue weighted by Gasteiger charge is -2.33. The van der Waals surface area contributed by atoms with Crippen LogP contribution in [-0.4, -0.2) is 0 Å². The van der Waals surface area contributed by atoms with Crippen molar-refractivity contribution in [2.75, 3.05) is 0 Å². The third kappa shape index (κ3) is 3.71. The van der Waals surface area contributed by atoms with Crippen LogP contribution in [0.5, 0.6) is 0 Å². The Hall–Kier alpha value is -1.12. The largest absolute Gasteiger partial charge is 0.142 e. The molecule has 0 aliphatic rings. The minimum absolute atomic E-state index is 0.0928. The molecular formula is C26H36S2. The average molecular weight is 413 g/mol.